The van der Waals surface area contributed by atoms with Gasteiger partial charge in [0.2, 0.25) is 0 Å². The monoisotopic (exact) mass is 651 g/mol. The summed E-state index contributed by atoms with van der Waals surface area (Å²) in [5, 5.41) is 1.49. The van der Waals surface area contributed by atoms with Crippen molar-refractivity contribution in [2.45, 2.75) is 38.9 Å². The lowest BCUT2D eigenvalue weighted by Crippen LogP contribution is -2.37. The number of hydrogen-bond acceptors (Lipinski definition) is 5. The van der Waals surface area contributed by atoms with Crippen molar-refractivity contribution in [3.05, 3.63) is 145 Å². The standard InChI is InChI=1S/C43H37N5Si/c1-43(2)37-19-16-30(23-35(37)36-24-34(49(3,4)5)18-20-38(36)43)39-21-17-31(27-45-39)32-22-33(26-44-25-32)42-47-40(28-12-8-6-9-13-28)46-41(48-42)29-14-10-7-11-15-29/h6-27H,1-5H3. The molecular weight excluding hydrogens is 615 g/mol. The summed E-state index contributed by atoms with van der Waals surface area (Å²) in [5.41, 5.74) is 12.1. The highest BCUT2D eigenvalue weighted by atomic mass is 28.3. The molecule has 0 amide bonds. The molecule has 0 atom stereocenters. The number of pyridine rings is 2. The van der Waals surface area contributed by atoms with Gasteiger partial charge in [-0.25, -0.2) is 15.0 Å². The molecule has 0 fully saturated rings. The largest absolute Gasteiger partial charge is 0.263 e. The van der Waals surface area contributed by atoms with Crippen LogP contribution in [-0.4, -0.2) is 33.0 Å². The third-order valence-corrected chi connectivity index (χ3v) is 11.7. The van der Waals surface area contributed by atoms with Crippen LogP contribution < -0.4 is 5.19 Å². The second kappa shape index (κ2) is 11.8. The summed E-state index contributed by atoms with van der Waals surface area (Å²) in [6.45, 7) is 11.9. The number of benzene rings is 4. The molecule has 6 heteroatoms. The van der Waals surface area contributed by atoms with Crippen molar-refractivity contribution in [2.75, 3.05) is 0 Å². The van der Waals surface area contributed by atoms with Gasteiger partial charge in [-0.15, -0.1) is 0 Å². The maximum atomic E-state index is 4.95. The summed E-state index contributed by atoms with van der Waals surface area (Å²) < 4.78 is 0. The smallest absolute Gasteiger partial charge is 0.165 e. The van der Waals surface area contributed by atoms with Gasteiger partial charge in [-0.1, -0.05) is 136 Å². The molecular formula is C43H37N5Si. The lowest BCUT2D eigenvalue weighted by atomic mass is 9.82. The maximum Gasteiger partial charge on any atom is 0.165 e. The van der Waals surface area contributed by atoms with Crippen molar-refractivity contribution in [1.29, 1.82) is 0 Å². The Bertz CT molecular complexity index is 2270. The molecule has 0 radical (unpaired) electrons. The first kappa shape index (κ1) is 30.7. The van der Waals surface area contributed by atoms with E-state index in [-0.39, 0.29) is 5.41 Å². The second-order valence-electron chi connectivity index (χ2n) is 14.3. The number of rotatable bonds is 6. The van der Waals surface area contributed by atoms with Gasteiger partial charge < -0.3 is 0 Å². The first-order chi connectivity index (χ1) is 23.6. The number of hydrogen-bond donors (Lipinski definition) is 0. The van der Waals surface area contributed by atoms with Gasteiger partial charge in [-0.05, 0) is 40.5 Å². The zero-order valence-electron chi connectivity index (χ0n) is 28.4. The lowest BCUT2D eigenvalue weighted by molar-refractivity contribution is 0.660. The minimum absolute atomic E-state index is 0.0290. The Morgan fingerprint density at radius 1 is 0.469 bits per heavy atom. The highest BCUT2D eigenvalue weighted by molar-refractivity contribution is 6.88. The predicted octanol–water partition coefficient (Wildman–Crippen LogP) is 9.85. The molecule has 0 N–H and O–H groups in total. The lowest BCUT2D eigenvalue weighted by Gasteiger charge is -2.23. The van der Waals surface area contributed by atoms with E-state index in [9.17, 15) is 0 Å². The Kier molecular flexibility index (Phi) is 7.42. The van der Waals surface area contributed by atoms with Gasteiger partial charge in [0.25, 0.3) is 0 Å². The summed E-state index contributed by atoms with van der Waals surface area (Å²) in [6.07, 6.45) is 5.60. The van der Waals surface area contributed by atoms with Crippen LogP contribution in [0, 0.1) is 0 Å². The van der Waals surface area contributed by atoms with Gasteiger partial charge in [0.05, 0.1) is 13.8 Å². The van der Waals surface area contributed by atoms with Gasteiger partial charge in [0, 0.05) is 57.4 Å². The van der Waals surface area contributed by atoms with Gasteiger partial charge in [0.1, 0.15) is 0 Å². The van der Waals surface area contributed by atoms with E-state index in [0.29, 0.717) is 17.5 Å². The fraction of sp³-hybridized carbons (Fsp3) is 0.140. The summed E-state index contributed by atoms with van der Waals surface area (Å²) in [7, 11) is -1.45. The van der Waals surface area contributed by atoms with Crippen LogP contribution in [0.25, 0.3) is 67.7 Å². The van der Waals surface area contributed by atoms with E-state index in [0.717, 1.165) is 39.1 Å². The molecule has 3 heterocycles. The van der Waals surface area contributed by atoms with Crippen LogP contribution in [0.15, 0.2) is 134 Å². The van der Waals surface area contributed by atoms with E-state index in [1.807, 2.05) is 79.3 Å². The number of fused-ring (bicyclic) bond motifs is 3. The molecule has 0 saturated carbocycles. The molecule has 238 valence electrons. The van der Waals surface area contributed by atoms with Gasteiger partial charge >= 0.3 is 0 Å². The minimum atomic E-state index is -1.45. The van der Waals surface area contributed by atoms with Crippen LogP contribution in [-0.2, 0) is 5.41 Å². The van der Waals surface area contributed by atoms with Gasteiger partial charge in [-0.3, -0.25) is 9.97 Å². The summed E-state index contributed by atoms with van der Waals surface area (Å²) in [4.78, 5) is 24.1. The van der Waals surface area contributed by atoms with Crippen molar-refractivity contribution in [3.63, 3.8) is 0 Å². The van der Waals surface area contributed by atoms with Crippen LogP contribution >= 0.6 is 0 Å². The van der Waals surface area contributed by atoms with Crippen LogP contribution in [0.2, 0.25) is 19.6 Å². The van der Waals surface area contributed by atoms with Crippen LogP contribution in [0.4, 0.5) is 0 Å². The van der Waals surface area contributed by atoms with Crippen LogP contribution in [0.5, 0.6) is 0 Å². The summed E-state index contributed by atoms with van der Waals surface area (Å²) in [5.74, 6) is 1.82. The average Bonchev–Trinajstić information content (AvgIpc) is 3.37. The third-order valence-electron chi connectivity index (χ3n) is 9.63. The highest BCUT2D eigenvalue weighted by Crippen LogP contribution is 2.49. The van der Waals surface area contributed by atoms with Crippen molar-refractivity contribution < 1.29 is 0 Å². The first-order valence-corrected chi connectivity index (χ1v) is 20.2. The molecule has 0 spiro atoms. The molecule has 0 aliphatic heterocycles. The summed E-state index contributed by atoms with van der Waals surface area (Å²) in [6, 6.07) is 40.3. The van der Waals surface area contributed by atoms with E-state index >= 15 is 0 Å². The third kappa shape index (κ3) is 5.68. The molecule has 0 bridgehead atoms. The fourth-order valence-corrected chi connectivity index (χ4v) is 7.95. The SMILES string of the molecule is CC1(C)c2ccc(-c3ccc(-c4cncc(-c5nc(-c6ccccc6)nc(-c6ccccc6)n5)c4)cn3)cc2-c2cc([Si](C)(C)C)ccc21. The molecule has 49 heavy (non-hydrogen) atoms. The Balaban J connectivity index is 1.13. The van der Waals surface area contributed by atoms with E-state index < -0.39 is 8.07 Å². The average molecular weight is 652 g/mol. The molecule has 5 nitrogen and oxygen atoms in total. The second-order valence-corrected chi connectivity index (χ2v) is 19.4. The zero-order chi connectivity index (χ0) is 33.8. The predicted molar refractivity (Wildman–Crippen MR) is 203 cm³/mol. The topological polar surface area (TPSA) is 64.5 Å². The quantitative estimate of drug-likeness (QED) is 0.168. The Labute approximate surface area is 288 Å². The number of aromatic nitrogens is 5. The van der Waals surface area contributed by atoms with Crippen LogP contribution in [0.1, 0.15) is 25.0 Å². The van der Waals surface area contributed by atoms with Crippen molar-refractivity contribution in [2.24, 2.45) is 0 Å². The minimum Gasteiger partial charge on any atom is -0.263 e. The van der Waals surface area contributed by atoms with Crippen molar-refractivity contribution >= 4 is 13.3 Å². The van der Waals surface area contributed by atoms with Gasteiger partial charge in [0.15, 0.2) is 17.5 Å². The van der Waals surface area contributed by atoms with E-state index in [4.69, 9.17) is 19.9 Å². The molecule has 7 aromatic rings. The molecule has 3 aromatic heterocycles. The normalized spacial score (nSPS) is 13.2. The highest BCUT2D eigenvalue weighted by Gasteiger charge is 2.36. The molecule has 0 saturated heterocycles. The molecule has 1 aliphatic rings. The zero-order valence-corrected chi connectivity index (χ0v) is 29.4. The van der Waals surface area contributed by atoms with E-state index in [1.54, 1.807) is 0 Å². The van der Waals surface area contributed by atoms with E-state index in [1.165, 1.54) is 27.4 Å². The van der Waals surface area contributed by atoms with Crippen LogP contribution in [0.3, 0.4) is 0 Å². The van der Waals surface area contributed by atoms with Crippen molar-refractivity contribution in [3.8, 4) is 67.7 Å². The molecule has 4 aromatic carbocycles. The van der Waals surface area contributed by atoms with Gasteiger partial charge in [-0.2, -0.15) is 0 Å². The maximum absolute atomic E-state index is 4.95. The first-order valence-electron chi connectivity index (χ1n) is 16.7. The Hall–Kier alpha value is -5.59. The van der Waals surface area contributed by atoms with E-state index in [2.05, 4.69) is 93.1 Å². The number of nitrogens with zero attached hydrogens (tertiary/aromatic N) is 5. The Morgan fingerprint density at radius 2 is 1.02 bits per heavy atom. The van der Waals surface area contributed by atoms with Crippen molar-refractivity contribution in [1.82, 2.24) is 24.9 Å². The Morgan fingerprint density at radius 3 is 1.61 bits per heavy atom. The molecule has 8 rings (SSSR count). The molecule has 0 unspecified atom stereocenters. The fourth-order valence-electron chi connectivity index (χ4n) is 6.79. The summed E-state index contributed by atoms with van der Waals surface area (Å²) >= 11 is 0. The molecule has 1 aliphatic carbocycles.